The lowest BCUT2D eigenvalue weighted by molar-refractivity contribution is 0.425. The predicted molar refractivity (Wildman–Crippen MR) is 143 cm³/mol. The van der Waals surface area contributed by atoms with Crippen molar-refractivity contribution in [3.8, 4) is 11.8 Å². The molecule has 2 nitrogen and oxygen atoms in total. The fourth-order valence-electron chi connectivity index (χ4n) is 3.03. The molecule has 0 bridgehead atoms. The van der Waals surface area contributed by atoms with E-state index in [0.717, 1.165) is 40.5 Å². The summed E-state index contributed by atoms with van der Waals surface area (Å²) in [5.41, 5.74) is 5.18. The summed E-state index contributed by atoms with van der Waals surface area (Å²) in [6, 6.07) is 6.16. The first-order chi connectivity index (χ1) is 15.3. The maximum Gasteiger partial charge on any atom is 0.129 e. The molecule has 1 unspecified atom stereocenters. The van der Waals surface area contributed by atoms with Gasteiger partial charge in [-0.2, -0.15) is 5.26 Å². The number of allylic oxidation sites excluding steroid dienone is 4. The Balaban J connectivity index is 0. The molecular formula is C30H47NO. The van der Waals surface area contributed by atoms with E-state index in [4.69, 9.17) is 10.00 Å². The molecule has 1 saturated carbocycles. The van der Waals surface area contributed by atoms with E-state index in [0.29, 0.717) is 5.92 Å². The van der Waals surface area contributed by atoms with Crippen molar-refractivity contribution < 1.29 is 4.74 Å². The van der Waals surface area contributed by atoms with E-state index < -0.39 is 0 Å². The van der Waals surface area contributed by atoms with Gasteiger partial charge in [0.05, 0.1) is 11.6 Å². The molecule has 2 heteroatoms. The first-order valence-electron chi connectivity index (χ1n) is 11.9. The van der Waals surface area contributed by atoms with Crippen molar-refractivity contribution in [2.45, 2.75) is 88.0 Å². The van der Waals surface area contributed by atoms with Crippen LogP contribution in [0.1, 0.15) is 90.8 Å². The molecule has 0 amide bonds. The number of hydrogen-bond acceptors (Lipinski definition) is 2. The molecule has 0 spiro atoms. The summed E-state index contributed by atoms with van der Waals surface area (Å²) in [7, 11) is 0. The van der Waals surface area contributed by atoms with Gasteiger partial charge in [0.1, 0.15) is 11.5 Å². The Kier molecular flexibility index (Phi) is 17.9. The van der Waals surface area contributed by atoms with Gasteiger partial charge in [-0.15, -0.1) is 19.7 Å². The Hall–Kier alpha value is -2.53. The Labute approximate surface area is 199 Å². The first-order valence-corrected chi connectivity index (χ1v) is 11.9. The van der Waals surface area contributed by atoms with E-state index in [1.54, 1.807) is 0 Å². The zero-order valence-electron chi connectivity index (χ0n) is 22.3. The number of hydrogen-bond donors (Lipinski definition) is 0. The minimum Gasteiger partial charge on any atom is -0.457 e. The lowest BCUT2D eigenvalue weighted by atomic mass is 10.0. The first kappa shape index (κ1) is 31.7. The molecule has 1 fully saturated rings. The molecule has 0 saturated heterocycles. The Morgan fingerprint density at radius 1 is 1.19 bits per heavy atom. The zero-order valence-corrected chi connectivity index (χ0v) is 22.3. The predicted octanol–water partition coefficient (Wildman–Crippen LogP) is 9.64. The van der Waals surface area contributed by atoms with Crippen LogP contribution in [0, 0.1) is 37.0 Å². The smallest absolute Gasteiger partial charge is 0.129 e. The molecule has 1 aromatic carbocycles. The molecule has 1 aromatic rings. The Morgan fingerprint density at radius 3 is 2.00 bits per heavy atom. The van der Waals surface area contributed by atoms with Crippen LogP contribution in [0.15, 0.2) is 60.9 Å². The highest BCUT2D eigenvalue weighted by molar-refractivity contribution is 5.49. The SMILES string of the molecule is C/C=C(C)\C(Oc1cc(C)c(C#N)c(C)c1)=C(/C)C1CC1.C=C.C=CCC(C)CC.CC. The van der Waals surface area contributed by atoms with Crippen molar-refractivity contribution in [3.63, 3.8) is 0 Å². The summed E-state index contributed by atoms with van der Waals surface area (Å²) in [5.74, 6) is 3.32. The van der Waals surface area contributed by atoms with Crippen LogP contribution in [0.3, 0.4) is 0 Å². The molecule has 32 heavy (non-hydrogen) atoms. The van der Waals surface area contributed by atoms with E-state index in [9.17, 15) is 0 Å². The third-order valence-corrected chi connectivity index (χ3v) is 5.44. The molecule has 2 rings (SSSR count). The van der Waals surface area contributed by atoms with Crippen LogP contribution < -0.4 is 4.74 Å². The van der Waals surface area contributed by atoms with Gasteiger partial charge in [-0.3, -0.25) is 0 Å². The van der Waals surface area contributed by atoms with Crippen molar-refractivity contribution in [2.24, 2.45) is 11.8 Å². The molecule has 1 atom stereocenters. The van der Waals surface area contributed by atoms with Gasteiger partial charge >= 0.3 is 0 Å². The lowest BCUT2D eigenvalue weighted by Crippen LogP contribution is -2.03. The summed E-state index contributed by atoms with van der Waals surface area (Å²) in [6.45, 7) is 28.3. The number of nitriles is 1. The second-order valence-electron chi connectivity index (χ2n) is 7.94. The average molecular weight is 438 g/mol. The summed E-state index contributed by atoms with van der Waals surface area (Å²) >= 11 is 0. The fourth-order valence-corrected chi connectivity index (χ4v) is 3.03. The van der Waals surface area contributed by atoms with Gasteiger partial charge < -0.3 is 4.74 Å². The van der Waals surface area contributed by atoms with Gasteiger partial charge in [0.2, 0.25) is 0 Å². The van der Waals surface area contributed by atoms with Gasteiger partial charge in [-0.1, -0.05) is 46.3 Å². The summed E-state index contributed by atoms with van der Waals surface area (Å²) in [4.78, 5) is 0. The summed E-state index contributed by atoms with van der Waals surface area (Å²) in [6.07, 6.45) is 9.03. The van der Waals surface area contributed by atoms with Gasteiger partial charge in [0.15, 0.2) is 0 Å². The van der Waals surface area contributed by atoms with Crippen molar-refractivity contribution in [3.05, 3.63) is 77.6 Å². The quantitative estimate of drug-likeness (QED) is 0.241. The van der Waals surface area contributed by atoms with E-state index in [-0.39, 0.29) is 0 Å². The Morgan fingerprint density at radius 2 is 1.69 bits per heavy atom. The largest absolute Gasteiger partial charge is 0.457 e. The number of rotatable bonds is 7. The normalized spacial score (nSPS) is 13.9. The van der Waals surface area contributed by atoms with Gasteiger partial charge in [-0.05, 0) is 100 Å². The minimum absolute atomic E-state index is 0.676. The van der Waals surface area contributed by atoms with Crippen molar-refractivity contribution in [1.29, 1.82) is 5.26 Å². The highest BCUT2D eigenvalue weighted by atomic mass is 16.5. The van der Waals surface area contributed by atoms with Crippen LogP contribution in [0.5, 0.6) is 5.75 Å². The molecule has 1 aliphatic rings. The van der Waals surface area contributed by atoms with Crippen LogP contribution in [0.2, 0.25) is 0 Å². The third-order valence-electron chi connectivity index (χ3n) is 5.44. The zero-order chi connectivity index (χ0) is 25.3. The molecule has 0 N–H and O–H groups in total. The van der Waals surface area contributed by atoms with Gasteiger partial charge in [0.25, 0.3) is 0 Å². The van der Waals surface area contributed by atoms with E-state index >= 15 is 0 Å². The van der Waals surface area contributed by atoms with Crippen molar-refractivity contribution >= 4 is 0 Å². The van der Waals surface area contributed by atoms with E-state index in [1.807, 2.05) is 52.8 Å². The molecule has 0 aliphatic heterocycles. The minimum atomic E-state index is 0.676. The molecule has 1 aliphatic carbocycles. The van der Waals surface area contributed by atoms with Gasteiger partial charge in [0, 0.05) is 0 Å². The topological polar surface area (TPSA) is 33.0 Å². The molecular weight excluding hydrogens is 390 g/mol. The maximum absolute atomic E-state index is 9.16. The Bertz CT molecular complexity index is 765. The monoisotopic (exact) mass is 437 g/mol. The number of nitrogens with zero attached hydrogens (tertiary/aromatic N) is 1. The highest BCUT2D eigenvalue weighted by Gasteiger charge is 2.27. The van der Waals surface area contributed by atoms with Crippen LogP contribution in [0.25, 0.3) is 0 Å². The van der Waals surface area contributed by atoms with Crippen LogP contribution in [0.4, 0.5) is 0 Å². The standard InChI is InChI=1S/C19H23NO.C7H14.C2H6.C2H4/c1-6-12(2)19(15(5)16-7-8-16)21-17-9-13(3)18(11-20)14(4)10-17;1-4-6-7(3)5-2;2*1-2/h6,9-10,16H,7-8H2,1-5H3;4,7H,1,5-6H2,2-3H3;1-2H3;1-2H2/b12-6-,19-15-;;;. The van der Waals surface area contributed by atoms with Crippen molar-refractivity contribution in [1.82, 2.24) is 0 Å². The highest BCUT2D eigenvalue weighted by Crippen LogP contribution is 2.39. The number of ether oxygens (including phenoxy) is 1. The van der Waals surface area contributed by atoms with Crippen molar-refractivity contribution in [2.75, 3.05) is 0 Å². The second-order valence-corrected chi connectivity index (χ2v) is 7.94. The summed E-state index contributed by atoms with van der Waals surface area (Å²) in [5, 5.41) is 9.16. The van der Waals surface area contributed by atoms with E-state index in [2.05, 4.69) is 59.6 Å². The number of aryl methyl sites for hydroxylation is 2. The summed E-state index contributed by atoms with van der Waals surface area (Å²) < 4.78 is 6.19. The van der Waals surface area contributed by atoms with Crippen LogP contribution in [-0.2, 0) is 0 Å². The second kappa shape index (κ2) is 18.1. The molecule has 0 heterocycles. The van der Waals surface area contributed by atoms with Crippen LogP contribution >= 0.6 is 0 Å². The fraction of sp³-hybridized carbons (Fsp3) is 0.500. The van der Waals surface area contributed by atoms with Gasteiger partial charge in [-0.25, -0.2) is 0 Å². The molecule has 178 valence electrons. The maximum atomic E-state index is 9.16. The molecule has 0 aromatic heterocycles. The number of benzene rings is 1. The van der Waals surface area contributed by atoms with Crippen LogP contribution in [-0.4, -0.2) is 0 Å². The van der Waals surface area contributed by atoms with E-state index in [1.165, 1.54) is 30.4 Å². The average Bonchev–Trinajstić information content (AvgIpc) is 3.65. The lowest BCUT2D eigenvalue weighted by Gasteiger charge is -2.16. The molecule has 0 radical (unpaired) electrons. The third kappa shape index (κ3) is 11.2.